The summed E-state index contributed by atoms with van der Waals surface area (Å²) in [4.78, 5) is 23.5. The molecule has 0 unspecified atom stereocenters. The van der Waals surface area contributed by atoms with Crippen LogP contribution in [0.4, 0.5) is 5.69 Å². The molecule has 1 amide bonds. The molecule has 0 atom stereocenters. The molecule has 0 aliphatic rings. The Hall–Kier alpha value is -2.99. The summed E-state index contributed by atoms with van der Waals surface area (Å²) in [5, 5.41) is 12.1. The molecule has 0 radical (unpaired) electrons. The first-order valence-corrected chi connectivity index (χ1v) is 10.3. The van der Waals surface area contributed by atoms with Crippen molar-refractivity contribution in [2.24, 2.45) is 0 Å². The summed E-state index contributed by atoms with van der Waals surface area (Å²) >= 11 is 1.33. The van der Waals surface area contributed by atoms with Gasteiger partial charge in [-0.3, -0.25) is 9.59 Å². The number of hydrogen-bond acceptors (Lipinski definition) is 5. The van der Waals surface area contributed by atoms with E-state index in [2.05, 4.69) is 48.4 Å². The fourth-order valence-electron chi connectivity index (χ4n) is 2.90. The van der Waals surface area contributed by atoms with Gasteiger partial charge in [0.1, 0.15) is 5.03 Å². The Kier molecular flexibility index (Phi) is 6.44. The minimum atomic E-state index is -0.138. The van der Waals surface area contributed by atoms with Crippen LogP contribution in [0.25, 0.3) is 11.3 Å². The smallest absolute Gasteiger partial charge is 0.234 e. The third-order valence-electron chi connectivity index (χ3n) is 4.68. The molecule has 5 nitrogen and oxygen atoms in total. The van der Waals surface area contributed by atoms with Crippen LogP contribution in [0, 0.1) is 20.8 Å². The van der Waals surface area contributed by atoms with Crippen molar-refractivity contribution in [3.8, 4) is 11.3 Å². The van der Waals surface area contributed by atoms with Gasteiger partial charge >= 0.3 is 0 Å². The lowest BCUT2D eigenvalue weighted by Gasteiger charge is -2.09. The largest absolute Gasteiger partial charge is 0.325 e. The molecule has 0 aliphatic carbocycles. The van der Waals surface area contributed by atoms with Gasteiger partial charge in [-0.2, -0.15) is 0 Å². The molecule has 29 heavy (non-hydrogen) atoms. The Morgan fingerprint density at radius 1 is 0.897 bits per heavy atom. The zero-order valence-electron chi connectivity index (χ0n) is 16.9. The lowest BCUT2D eigenvalue weighted by molar-refractivity contribution is -0.113. The maximum absolute atomic E-state index is 12.2. The molecule has 0 spiro atoms. The molecule has 3 aromatic rings. The van der Waals surface area contributed by atoms with Crippen LogP contribution >= 0.6 is 11.8 Å². The van der Waals surface area contributed by atoms with Crippen LogP contribution in [0.1, 0.15) is 34.0 Å². The van der Waals surface area contributed by atoms with Gasteiger partial charge in [-0.1, -0.05) is 17.8 Å². The molecule has 0 saturated carbocycles. The number of rotatable bonds is 6. The standard InChI is InChI=1S/C23H23N3O2S/c1-14-11-16(3)20(12-15(14)2)21-9-10-23(26-25-21)29-13-22(28)24-19-7-5-18(6-8-19)17(4)27/h5-12H,13H2,1-4H3,(H,24,28). The number of Topliss-reactive ketones (excluding diaryl/α,β-unsaturated/α-hetero) is 1. The maximum atomic E-state index is 12.2. The van der Waals surface area contributed by atoms with Crippen LogP contribution in [0.15, 0.2) is 53.6 Å². The van der Waals surface area contributed by atoms with E-state index in [1.807, 2.05) is 12.1 Å². The van der Waals surface area contributed by atoms with E-state index in [9.17, 15) is 9.59 Å². The van der Waals surface area contributed by atoms with E-state index in [1.165, 1.54) is 29.8 Å². The SMILES string of the molecule is CC(=O)c1ccc(NC(=O)CSc2ccc(-c3cc(C)c(C)cc3C)nn2)cc1. The van der Waals surface area contributed by atoms with Crippen LogP contribution in [-0.4, -0.2) is 27.6 Å². The van der Waals surface area contributed by atoms with Gasteiger partial charge in [-0.05, 0) is 86.8 Å². The Morgan fingerprint density at radius 3 is 2.21 bits per heavy atom. The number of ketones is 1. The van der Waals surface area contributed by atoms with E-state index in [1.54, 1.807) is 24.3 Å². The van der Waals surface area contributed by atoms with Gasteiger partial charge in [0.05, 0.1) is 11.4 Å². The van der Waals surface area contributed by atoms with Gasteiger partial charge < -0.3 is 5.32 Å². The van der Waals surface area contributed by atoms with Gasteiger partial charge in [0.2, 0.25) is 5.91 Å². The first-order chi connectivity index (χ1) is 13.8. The lowest BCUT2D eigenvalue weighted by atomic mass is 9.99. The van der Waals surface area contributed by atoms with Crippen LogP contribution < -0.4 is 5.32 Å². The van der Waals surface area contributed by atoms with Crippen LogP contribution in [-0.2, 0) is 4.79 Å². The third-order valence-corrected chi connectivity index (χ3v) is 5.60. The second-order valence-corrected chi connectivity index (χ2v) is 7.97. The molecule has 3 rings (SSSR count). The molecule has 1 N–H and O–H groups in total. The Balaban J connectivity index is 1.59. The number of nitrogens with zero attached hydrogens (tertiary/aromatic N) is 2. The van der Waals surface area contributed by atoms with Crippen molar-refractivity contribution in [3.63, 3.8) is 0 Å². The van der Waals surface area contributed by atoms with Crippen molar-refractivity contribution in [2.45, 2.75) is 32.7 Å². The van der Waals surface area contributed by atoms with Gasteiger partial charge in [-0.25, -0.2) is 0 Å². The predicted octanol–water partition coefficient (Wildman–Crippen LogP) is 5.00. The average molecular weight is 406 g/mol. The first-order valence-electron chi connectivity index (χ1n) is 9.29. The summed E-state index contributed by atoms with van der Waals surface area (Å²) in [6.45, 7) is 7.76. The predicted molar refractivity (Wildman–Crippen MR) is 117 cm³/mol. The van der Waals surface area contributed by atoms with Gasteiger partial charge in [-0.15, -0.1) is 10.2 Å². The molecule has 0 saturated heterocycles. The molecule has 1 aromatic heterocycles. The lowest BCUT2D eigenvalue weighted by Crippen LogP contribution is -2.14. The minimum absolute atomic E-state index is 0.00329. The molecule has 6 heteroatoms. The molecular weight excluding hydrogens is 382 g/mol. The normalized spacial score (nSPS) is 10.6. The number of carbonyl (C=O) groups is 2. The number of hydrogen-bond donors (Lipinski definition) is 1. The van der Waals surface area contributed by atoms with E-state index < -0.39 is 0 Å². The van der Waals surface area contributed by atoms with Crippen molar-refractivity contribution >= 4 is 29.1 Å². The van der Waals surface area contributed by atoms with Crippen molar-refractivity contribution in [1.82, 2.24) is 10.2 Å². The quantitative estimate of drug-likeness (QED) is 0.461. The summed E-state index contributed by atoms with van der Waals surface area (Å²) in [6, 6.07) is 14.9. The zero-order valence-corrected chi connectivity index (χ0v) is 17.8. The van der Waals surface area contributed by atoms with Crippen LogP contribution in [0.5, 0.6) is 0 Å². The summed E-state index contributed by atoms with van der Waals surface area (Å²) in [5.41, 5.74) is 6.82. The average Bonchev–Trinajstić information content (AvgIpc) is 2.70. The van der Waals surface area contributed by atoms with Crippen molar-refractivity contribution in [1.29, 1.82) is 0 Å². The van der Waals surface area contributed by atoms with Crippen molar-refractivity contribution in [2.75, 3.05) is 11.1 Å². The van der Waals surface area contributed by atoms with E-state index in [4.69, 9.17) is 0 Å². The second-order valence-electron chi connectivity index (χ2n) is 6.98. The monoisotopic (exact) mass is 405 g/mol. The van der Waals surface area contributed by atoms with Gasteiger partial charge in [0.25, 0.3) is 0 Å². The van der Waals surface area contributed by atoms with Crippen LogP contribution in [0.2, 0.25) is 0 Å². The van der Waals surface area contributed by atoms with Crippen LogP contribution in [0.3, 0.4) is 0 Å². The van der Waals surface area contributed by atoms with Gasteiger partial charge in [0, 0.05) is 16.8 Å². The van der Waals surface area contributed by atoms with Crippen molar-refractivity contribution < 1.29 is 9.59 Å². The summed E-state index contributed by atoms with van der Waals surface area (Å²) in [5.74, 6) is 0.0865. The first kappa shape index (κ1) is 20.7. The molecular formula is C23H23N3O2S. The van der Waals surface area contributed by atoms with E-state index in [0.29, 0.717) is 16.3 Å². The summed E-state index contributed by atoms with van der Waals surface area (Å²) < 4.78 is 0. The van der Waals surface area contributed by atoms with E-state index >= 15 is 0 Å². The highest BCUT2D eigenvalue weighted by Crippen LogP contribution is 2.25. The number of carbonyl (C=O) groups excluding carboxylic acids is 2. The third kappa shape index (κ3) is 5.29. The highest BCUT2D eigenvalue weighted by atomic mass is 32.2. The molecule has 2 aromatic carbocycles. The molecule has 0 bridgehead atoms. The molecule has 0 fully saturated rings. The number of aryl methyl sites for hydroxylation is 3. The molecule has 0 aliphatic heterocycles. The van der Waals surface area contributed by atoms with E-state index in [-0.39, 0.29) is 17.4 Å². The highest BCUT2D eigenvalue weighted by Gasteiger charge is 2.09. The Labute approximate surface area is 175 Å². The summed E-state index contributed by atoms with van der Waals surface area (Å²) in [7, 11) is 0. The summed E-state index contributed by atoms with van der Waals surface area (Å²) in [6.07, 6.45) is 0. The van der Waals surface area contributed by atoms with E-state index in [0.717, 1.165) is 16.8 Å². The topological polar surface area (TPSA) is 72.0 Å². The highest BCUT2D eigenvalue weighted by molar-refractivity contribution is 7.99. The fraction of sp³-hybridized carbons (Fsp3) is 0.217. The van der Waals surface area contributed by atoms with Gasteiger partial charge in [0.15, 0.2) is 5.78 Å². The number of amides is 1. The molecule has 148 valence electrons. The molecule has 1 heterocycles. The number of aromatic nitrogens is 2. The Bertz CT molecular complexity index is 1040. The number of anilines is 1. The number of benzene rings is 2. The fourth-order valence-corrected chi connectivity index (χ4v) is 3.52. The van der Waals surface area contributed by atoms with Crippen molar-refractivity contribution in [3.05, 3.63) is 70.8 Å². The number of thioether (sulfide) groups is 1. The second kappa shape index (κ2) is 9.01. The maximum Gasteiger partial charge on any atom is 0.234 e. The minimum Gasteiger partial charge on any atom is -0.325 e. The Morgan fingerprint density at radius 2 is 1.59 bits per heavy atom. The zero-order chi connectivity index (χ0) is 21.0. The number of nitrogens with one attached hydrogen (secondary N) is 1.